The van der Waals surface area contributed by atoms with E-state index in [-0.39, 0.29) is 5.91 Å². The average Bonchev–Trinajstić information content (AvgIpc) is 2.89. The van der Waals surface area contributed by atoms with Crippen LogP contribution in [0.3, 0.4) is 0 Å². The van der Waals surface area contributed by atoms with Crippen molar-refractivity contribution in [3.05, 3.63) is 29.3 Å². The number of aromatic nitrogens is 1. The summed E-state index contributed by atoms with van der Waals surface area (Å²) in [6.45, 7) is 4.12. The lowest BCUT2D eigenvalue weighted by molar-refractivity contribution is -0.136. The summed E-state index contributed by atoms with van der Waals surface area (Å²) in [6, 6.07) is 8.50. The lowest BCUT2D eigenvalue weighted by Gasteiger charge is -2.35. The van der Waals surface area contributed by atoms with Gasteiger partial charge in [-0.3, -0.25) is 9.69 Å². The molecule has 1 aromatic heterocycles. The van der Waals surface area contributed by atoms with Gasteiger partial charge in [0.2, 0.25) is 5.91 Å². The Balaban J connectivity index is 1.67. The van der Waals surface area contributed by atoms with E-state index in [0.717, 1.165) is 23.5 Å². The molecule has 1 fully saturated rings. The maximum Gasteiger partial charge on any atom is 0.247 e. The molecule has 6 heteroatoms. The molecule has 0 unspecified atom stereocenters. The van der Waals surface area contributed by atoms with E-state index >= 15 is 0 Å². The van der Waals surface area contributed by atoms with Gasteiger partial charge in [-0.05, 0) is 19.1 Å². The summed E-state index contributed by atoms with van der Waals surface area (Å²) in [4.78, 5) is 18.2. The van der Waals surface area contributed by atoms with Gasteiger partial charge in [0, 0.05) is 25.6 Å². The van der Waals surface area contributed by atoms with E-state index in [4.69, 9.17) is 10.5 Å². The predicted octanol–water partition coefficient (Wildman–Crippen LogP) is 1.41. The number of amides is 1. The Kier molecular flexibility index (Phi) is 4.19. The molecule has 0 spiro atoms. The van der Waals surface area contributed by atoms with Crippen LogP contribution in [0.25, 0.3) is 10.2 Å². The fraction of sp³-hybridized carbons (Fsp3) is 0.467. The van der Waals surface area contributed by atoms with Crippen molar-refractivity contribution in [3.8, 4) is 0 Å². The zero-order valence-corrected chi connectivity index (χ0v) is 12.8. The van der Waals surface area contributed by atoms with Gasteiger partial charge in [-0.2, -0.15) is 0 Å². The van der Waals surface area contributed by atoms with Crippen LogP contribution in [0.2, 0.25) is 0 Å². The number of benzene rings is 1. The highest BCUT2D eigenvalue weighted by molar-refractivity contribution is 7.18. The first kappa shape index (κ1) is 14.4. The first-order valence-electron chi connectivity index (χ1n) is 7.13. The second-order valence-corrected chi connectivity index (χ2v) is 6.50. The van der Waals surface area contributed by atoms with Crippen LogP contribution in [-0.2, 0) is 16.0 Å². The van der Waals surface area contributed by atoms with Crippen molar-refractivity contribution in [1.82, 2.24) is 9.88 Å². The summed E-state index contributed by atoms with van der Waals surface area (Å²) in [7, 11) is 0. The zero-order valence-electron chi connectivity index (χ0n) is 12.0. The number of carbonyl (C=O) groups excluding carboxylic acids is 1. The largest absolute Gasteiger partial charge is 0.367 e. The van der Waals surface area contributed by atoms with Gasteiger partial charge < -0.3 is 10.5 Å². The van der Waals surface area contributed by atoms with Crippen LogP contribution in [0.15, 0.2) is 24.3 Å². The molecule has 112 valence electrons. The van der Waals surface area contributed by atoms with E-state index in [1.165, 1.54) is 4.70 Å². The third-order valence-electron chi connectivity index (χ3n) is 3.85. The minimum absolute atomic E-state index is 0.316. The van der Waals surface area contributed by atoms with Crippen molar-refractivity contribution in [2.75, 3.05) is 19.7 Å². The minimum Gasteiger partial charge on any atom is -0.367 e. The van der Waals surface area contributed by atoms with Crippen molar-refractivity contribution in [1.29, 1.82) is 0 Å². The van der Waals surface area contributed by atoms with Crippen LogP contribution < -0.4 is 5.73 Å². The number of hydrogen-bond donors (Lipinski definition) is 1. The Morgan fingerprint density at radius 3 is 3.14 bits per heavy atom. The monoisotopic (exact) mass is 305 g/mol. The number of nitrogens with zero attached hydrogens (tertiary/aromatic N) is 2. The topological polar surface area (TPSA) is 68.5 Å². The highest BCUT2D eigenvalue weighted by Crippen LogP contribution is 2.23. The number of morpholine rings is 1. The van der Waals surface area contributed by atoms with Crippen molar-refractivity contribution < 1.29 is 9.53 Å². The molecule has 2 N–H and O–H groups in total. The summed E-state index contributed by atoms with van der Waals surface area (Å²) < 4.78 is 6.61. The molecular formula is C15H19N3O2S. The molecule has 1 aromatic carbocycles. The highest BCUT2D eigenvalue weighted by atomic mass is 32.1. The molecule has 1 amide bonds. The number of fused-ring (bicyclic) bond motifs is 1. The second kappa shape index (κ2) is 6.09. The van der Waals surface area contributed by atoms with Gasteiger partial charge in [-0.15, -0.1) is 11.3 Å². The average molecular weight is 305 g/mol. The Hall–Kier alpha value is -1.50. The zero-order chi connectivity index (χ0) is 14.8. The maximum atomic E-state index is 11.3. The molecule has 21 heavy (non-hydrogen) atoms. The highest BCUT2D eigenvalue weighted by Gasteiger charge is 2.27. The van der Waals surface area contributed by atoms with Gasteiger partial charge in [0.05, 0.1) is 21.8 Å². The normalized spacial score (nSPS) is 21.5. The molecule has 0 bridgehead atoms. The van der Waals surface area contributed by atoms with Crippen LogP contribution in [0.4, 0.5) is 0 Å². The lowest BCUT2D eigenvalue weighted by atomic mass is 10.1. The third kappa shape index (κ3) is 3.23. The van der Waals surface area contributed by atoms with E-state index < -0.39 is 6.10 Å². The van der Waals surface area contributed by atoms with Crippen LogP contribution in [0, 0.1) is 0 Å². The van der Waals surface area contributed by atoms with Crippen LogP contribution in [0.5, 0.6) is 0 Å². The number of rotatable bonds is 4. The summed E-state index contributed by atoms with van der Waals surface area (Å²) in [5.74, 6) is -0.383. The fourth-order valence-corrected chi connectivity index (χ4v) is 3.72. The van der Waals surface area contributed by atoms with Crippen LogP contribution in [0.1, 0.15) is 11.9 Å². The fourth-order valence-electron chi connectivity index (χ4n) is 2.63. The number of ether oxygens (including phenoxy) is 1. The van der Waals surface area contributed by atoms with Gasteiger partial charge in [0.25, 0.3) is 0 Å². The molecule has 1 saturated heterocycles. The molecule has 3 rings (SSSR count). The predicted molar refractivity (Wildman–Crippen MR) is 83.3 cm³/mol. The van der Waals surface area contributed by atoms with Gasteiger partial charge in [-0.25, -0.2) is 4.98 Å². The molecular weight excluding hydrogens is 286 g/mol. The molecule has 2 heterocycles. The van der Waals surface area contributed by atoms with Crippen LogP contribution in [-0.4, -0.2) is 47.6 Å². The molecule has 2 atom stereocenters. The van der Waals surface area contributed by atoms with Crippen LogP contribution >= 0.6 is 11.3 Å². The van der Waals surface area contributed by atoms with E-state index in [9.17, 15) is 4.79 Å². The number of thiazole rings is 1. The summed E-state index contributed by atoms with van der Waals surface area (Å²) >= 11 is 1.74. The van der Waals surface area contributed by atoms with Crippen molar-refractivity contribution >= 4 is 27.5 Å². The molecule has 0 aliphatic carbocycles. The Bertz CT molecular complexity index is 610. The Labute approximate surface area is 127 Å². The quantitative estimate of drug-likeness (QED) is 0.927. The third-order valence-corrected chi connectivity index (χ3v) is 4.91. The summed E-state index contributed by atoms with van der Waals surface area (Å²) in [6.07, 6.45) is 0.391. The number of para-hydroxylation sites is 1. The number of primary amides is 1. The van der Waals surface area contributed by atoms with E-state index in [1.807, 2.05) is 18.2 Å². The smallest absolute Gasteiger partial charge is 0.247 e. The lowest BCUT2D eigenvalue weighted by Crippen LogP contribution is -2.51. The standard InChI is InChI=1S/C15H19N3O2S/c1-10(18-6-7-20-12(9-18)15(16)19)8-14-17-11-4-2-3-5-13(11)21-14/h2-5,10,12H,6-9H2,1H3,(H2,16,19)/t10-,12+/m1/s1. The van der Waals surface area contributed by atoms with Crippen molar-refractivity contribution in [2.45, 2.75) is 25.5 Å². The number of nitrogens with two attached hydrogens (primary N) is 1. The SMILES string of the molecule is C[C@H](Cc1nc2ccccc2s1)N1CCO[C@H](C(N)=O)C1. The van der Waals surface area contributed by atoms with E-state index in [2.05, 4.69) is 22.9 Å². The molecule has 0 saturated carbocycles. The molecule has 2 aromatic rings. The summed E-state index contributed by atoms with van der Waals surface area (Å²) in [5, 5.41) is 1.13. The molecule has 1 aliphatic heterocycles. The number of carbonyl (C=O) groups is 1. The van der Waals surface area contributed by atoms with E-state index in [0.29, 0.717) is 19.2 Å². The van der Waals surface area contributed by atoms with Gasteiger partial charge in [0.1, 0.15) is 6.10 Å². The molecule has 0 radical (unpaired) electrons. The van der Waals surface area contributed by atoms with Gasteiger partial charge in [-0.1, -0.05) is 12.1 Å². The second-order valence-electron chi connectivity index (χ2n) is 5.39. The van der Waals surface area contributed by atoms with Crippen molar-refractivity contribution in [3.63, 3.8) is 0 Å². The van der Waals surface area contributed by atoms with Gasteiger partial charge in [0.15, 0.2) is 0 Å². The molecule has 5 nitrogen and oxygen atoms in total. The number of hydrogen-bond acceptors (Lipinski definition) is 5. The summed E-state index contributed by atoms with van der Waals surface area (Å²) in [5.41, 5.74) is 6.39. The Morgan fingerprint density at radius 1 is 1.57 bits per heavy atom. The molecule has 1 aliphatic rings. The minimum atomic E-state index is -0.489. The maximum absolute atomic E-state index is 11.3. The first-order chi connectivity index (χ1) is 10.1. The van der Waals surface area contributed by atoms with E-state index in [1.54, 1.807) is 11.3 Å². The first-order valence-corrected chi connectivity index (χ1v) is 7.94. The van der Waals surface area contributed by atoms with Crippen molar-refractivity contribution in [2.24, 2.45) is 5.73 Å². The Morgan fingerprint density at radius 2 is 2.38 bits per heavy atom. The van der Waals surface area contributed by atoms with Gasteiger partial charge >= 0.3 is 0 Å².